The second kappa shape index (κ2) is 6.88. The highest BCUT2D eigenvalue weighted by atomic mass is 16.1. The number of hydrogen-bond acceptors (Lipinski definition) is 2. The van der Waals surface area contributed by atoms with Gasteiger partial charge in [-0.3, -0.25) is 9.78 Å². The van der Waals surface area contributed by atoms with Crippen molar-refractivity contribution in [2.45, 2.75) is 13.0 Å². The van der Waals surface area contributed by atoms with Gasteiger partial charge in [0.05, 0.1) is 6.04 Å². The maximum Gasteiger partial charge on any atom is 0.244 e. The van der Waals surface area contributed by atoms with Crippen molar-refractivity contribution in [3.05, 3.63) is 84.2 Å². The van der Waals surface area contributed by atoms with Crippen LogP contribution in [0.1, 0.15) is 24.1 Å². The van der Waals surface area contributed by atoms with Gasteiger partial charge in [-0.1, -0.05) is 48.5 Å². The molecule has 1 aromatic heterocycles. The Morgan fingerprint density at radius 2 is 1.91 bits per heavy atom. The van der Waals surface area contributed by atoms with Crippen molar-refractivity contribution in [3.8, 4) is 0 Å². The molecule has 114 valence electrons. The molecule has 3 rings (SSSR count). The lowest BCUT2D eigenvalue weighted by atomic mass is 10.00. The van der Waals surface area contributed by atoms with Crippen molar-refractivity contribution >= 4 is 22.8 Å². The van der Waals surface area contributed by atoms with Crippen molar-refractivity contribution in [3.63, 3.8) is 0 Å². The molecular weight excluding hydrogens is 284 g/mol. The third-order valence-electron chi connectivity index (χ3n) is 3.76. The number of carbonyl (C=O) groups is 1. The molecule has 1 unspecified atom stereocenters. The number of amides is 1. The molecule has 0 spiro atoms. The van der Waals surface area contributed by atoms with Crippen molar-refractivity contribution in [2.75, 3.05) is 0 Å². The minimum Gasteiger partial charge on any atom is -0.346 e. The van der Waals surface area contributed by atoms with Crippen molar-refractivity contribution in [1.82, 2.24) is 10.3 Å². The van der Waals surface area contributed by atoms with Crippen LogP contribution in [0.25, 0.3) is 16.8 Å². The van der Waals surface area contributed by atoms with Crippen LogP contribution in [0.4, 0.5) is 0 Å². The van der Waals surface area contributed by atoms with E-state index in [0.29, 0.717) is 0 Å². The number of rotatable bonds is 4. The lowest BCUT2D eigenvalue weighted by Crippen LogP contribution is -2.24. The third-order valence-corrected chi connectivity index (χ3v) is 3.76. The van der Waals surface area contributed by atoms with Crippen LogP contribution in [0.3, 0.4) is 0 Å². The first-order valence-electron chi connectivity index (χ1n) is 7.60. The summed E-state index contributed by atoms with van der Waals surface area (Å²) in [5.41, 5.74) is 2.02. The fourth-order valence-corrected chi connectivity index (χ4v) is 2.61. The van der Waals surface area contributed by atoms with E-state index in [1.54, 1.807) is 24.5 Å². The number of nitrogens with zero attached hydrogens (tertiary/aromatic N) is 1. The fraction of sp³-hybridized carbons (Fsp3) is 0.100. The van der Waals surface area contributed by atoms with E-state index in [4.69, 9.17) is 0 Å². The van der Waals surface area contributed by atoms with E-state index in [9.17, 15) is 4.79 Å². The van der Waals surface area contributed by atoms with Crippen LogP contribution in [0.2, 0.25) is 0 Å². The second-order valence-electron chi connectivity index (χ2n) is 5.42. The Labute approximate surface area is 135 Å². The summed E-state index contributed by atoms with van der Waals surface area (Å²) in [6, 6.07) is 18.0. The van der Waals surface area contributed by atoms with Gasteiger partial charge in [-0.2, -0.15) is 0 Å². The Morgan fingerprint density at radius 3 is 2.74 bits per heavy atom. The van der Waals surface area contributed by atoms with Crippen LogP contribution in [-0.2, 0) is 4.79 Å². The van der Waals surface area contributed by atoms with E-state index >= 15 is 0 Å². The van der Waals surface area contributed by atoms with Gasteiger partial charge in [0, 0.05) is 18.5 Å². The summed E-state index contributed by atoms with van der Waals surface area (Å²) < 4.78 is 0. The summed E-state index contributed by atoms with van der Waals surface area (Å²) >= 11 is 0. The van der Waals surface area contributed by atoms with E-state index < -0.39 is 0 Å². The topological polar surface area (TPSA) is 42.0 Å². The minimum absolute atomic E-state index is 0.0628. The highest BCUT2D eigenvalue weighted by Gasteiger charge is 2.10. The minimum atomic E-state index is -0.116. The average molecular weight is 302 g/mol. The van der Waals surface area contributed by atoms with Gasteiger partial charge in [0.25, 0.3) is 0 Å². The largest absolute Gasteiger partial charge is 0.346 e. The molecule has 0 aliphatic heterocycles. The molecule has 0 aliphatic rings. The summed E-state index contributed by atoms with van der Waals surface area (Å²) in [6.45, 7) is 2.00. The monoisotopic (exact) mass is 302 g/mol. The second-order valence-corrected chi connectivity index (χ2v) is 5.42. The SMILES string of the molecule is CC(NC(=O)/C=C/c1cccnc1)c1cccc2ccccc12. The number of carbonyl (C=O) groups excluding carboxylic acids is 1. The van der Waals surface area contributed by atoms with E-state index in [1.807, 2.05) is 37.3 Å². The predicted molar refractivity (Wildman–Crippen MR) is 93.8 cm³/mol. The van der Waals surface area contributed by atoms with Crippen molar-refractivity contribution in [2.24, 2.45) is 0 Å². The lowest BCUT2D eigenvalue weighted by Gasteiger charge is -2.15. The maximum absolute atomic E-state index is 12.1. The molecule has 0 saturated heterocycles. The van der Waals surface area contributed by atoms with Crippen molar-refractivity contribution in [1.29, 1.82) is 0 Å². The van der Waals surface area contributed by atoms with Gasteiger partial charge in [-0.15, -0.1) is 0 Å². The van der Waals surface area contributed by atoms with Crippen LogP contribution in [0, 0.1) is 0 Å². The van der Waals surface area contributed by atoms with Crippen molar-refractivity contribution < 1.29 is 4.79 Å². The standard InChI is InChI=1S/C20H18N2O/c1-15(18-10-4-8-17-7-2-3-9-19(17)18)22-20(23)12-11-16-6-5-13-21-14-16/h2-15H,1H3,(H,22,23)/b12-11+. The highest BCUT2D eigenvalue weighted by Crippen LogP contribution is 2.23. The quantitative estimate of drug-likeness (QED) is 0.736. The van der Waals surface area contributed by atoms with E-state index in [1.165, 1.54) is 10.8 Å². The van der Waals surface area contributed by atoms with Gasteiger partial charge >= 0.3 is 0 Å². The Balaban J connectivity index is 1.74. The summed E-state index contributed by atoms with van der Waals surface area (Å²) in [7, 11) is 0. The van der Waals surface area contributed by atoms with Gasteiger partial charge < -0.3 is 5.32 Å². The number of pyridine rings is 1. The van der Waals surface area contributed by atoms with Gasteiger partial charge in [0.15, 0.2) is 0 Å². The summed E-state index contributed by atoms with van der Waals surface area (Å²) in [4.78, 5) is 16.1. The van der Waals surface area contributed by atoms with Gasteiger partial charge in [-0.05, 0) is 41.0 Å². The first-order chi connectivity index (χ1) is 11.2. The van der Waals surface area contributed by atoms with E-state index in [2.05, 4.69) is 34.6 Å². The first-order valence-corrected chi connectivity index (χ1v) is 7.60. The van der Waals surface area contributed by atoms with Crippen LogP contribution in [-0.4, -0.2) is 10.9 Å². The third kappa shape index (κ3) is 3.64. The fourth-order valence-electron chi connectivity index (χ4n) is 2.61. The smallest absolute Gasteiger partial charge is 0.244 e. The molecule has 3 heteroatoms. The first kappa shape index (κ1) is 15.0. The summed E-state index contributed by atoms with van der Waals surface area (Å²) in [6.07, 6.45) is 6.73. The zero-order valence-electron chi connectivity index (χ0n) is 12.9. The zero-order chi connectivity index (χ0) is 16.1. The van der Waals surface area contributed by atoms with Crippen LogP contribution < -0.4 is 5.32 Å². The number of benzene rings is 2. The lowest BCUT2D eigenvalue weighted by molar-refractivity contribution is -0.117. The predicted octanol–water partition coefficient (Wildman–Crippen LogP) is 4.13. The van der Waals surface area contributed by atoms with Gasteiger partial charge in [0.2, 0.25) is 5.91 Å². The van der Waals surface area contributed by atoms with Crippen LogP contribution in [0.15, 0.2) is 73.1 Å². The van der Waals surface area contributed by atoms with Gasteiger partial charge in [0.1, 0.15) is 0 Å². The number of aromatic nitrogens is 1. The summed E-state index contributed by atoms with van der Waals surface area (Å²) in [5.74, 6) is -0.116. The molecule has 2 aromatic carbocycles. The molecule has 0 radical (unpaired) electrons. The molecule has 0 saturated carbocycles. The molecule has 3 aromatic rings. The van der Waals surface area contributed by atoms with Crippen LogP contribution in [0.5, 0.6) is 0 Å². The molecular formula is C20H18N2O. The normalized spacial score (nSPS) is 12.4. The van der Waals surface area contributed by atoms with Crippen LogP contribution >= 0.6 is 0 Å². The summed E-state index contributed by atoms with van der Waals surface area (Å²) in [5, 5.41) is 5.36. The number of hydrogen-bond donors (Lipinski definition) is 1. The van der Waals surface area contributed by atoms with Gasteiger partial charge in [-0.25, -0.2) is 0 Å². The van der Waals surface area contributed by atoms with E-state index in [0.717, 1.165) is 11.1 Å². The molecule has 1 heterocycles. The molecule has 3 nitrogen and oxygen atoms in total. The molecule has 23 heavy (non-hydrogen) atoms. The Kier molecular flexibility index (Phi) is 4.48. The number of fused-ring (bicyclic) bond motifs is 1. The Morgan fingerprint density at radius 1 is 1.09 bits per heavy atom. The highest BCUT2D eigenvalue weighted by molar-refractivity contribution is 5.92. The molecule has 1 atom stereocenters. The zero-order valence-corrected chi connectivity index (χ0v) is 12.9. The Bertz CT molecular complexity index is 835. The molecule has 0 fully saturated rings. The molecule has 1 N–H and O–H groups in total. The average Bonchev–Trinajstić information content (AvgIpc) is 2.60. The molecule has 0 aliphatic carbocycles. The number of nitrogens with one attached hydrogen (secondary N) is 1. The van der Waals surface area contributed by atoms with E-state index in [-0.39, 0.29) is 11.9 Å². The molecule has 1 amide bonds. The Hall–Kier alpha value is -2.94. The maximum atomic E-state index is 12.1. The molecule has 0 bridgehead atoms.